The average molecular weight is 302 g/mol. The molecule has 1 aliphatic heterocycles. The van der Waals surface area contributed by atoms with Crippen molar-refractivity contribution < 1.29 is 13.9 Å². The second-order valence-corrected chi connectivity index (χ2v) is 5.49. The van der Waals surface area contributed by atoms with E-state index in [2.05, 4.69) is 4.90 Å². The Bertz CT molecular complexity index is 599. The third-order valence-electron chi connectivity index (χ3n) is 4.10. The van der Waals surface area contributed by atoms with Crippen molar-refractivity contribution in [1.29, 1.82) is 0 Å². The summed E-state index contributed by atoms with van der Waals surface area (Å²) in [7, 11) is 0. The lowest BCUT2D eigenvalue weighted by Gasteiger charge is -2.29. The number of likely N-dealkylation sites (N-methyl/N-ethyl adjacent to an activating group) is 1. The van der Waals surface area contributed by atoms with Crippen LogP contribution in [-0.2, 0) is 4.74 Å². The van der Waals surface area contributed by atoms with E-state index < -0.39 is 0 Å². The predicted molar refractivity (Wildman–Crippen MR) is 85.1 cm³/mol. The molecule has 2 heterocycles. The fourth-order valence-corrected chi connectivity index (χ4v) is 2.73. The summed E-state index contributed by atoms with van der Waals surface area (Å²) in [6.45, 7) is 7.72. The van der Waals surface area contributed by atoms with E-state index >= 15 is 0 Å². The van der Waals surface area contributed by atoms with Crippen molar-refractivity contribution in [2.24, 2.45) is 0 Å². The molecule has 3 rings (SSSR count). The summed E-state index contributed by atoms with van der Waals surface area (Å²) in [6.07, 6.45) is 0. The molecule has 0 aliphatic carbocycles. The zero-order chi connectivity index (χ0) is 15.4. The van der Waals surface area contributed by atoms with Crippen LogP contribution in [0.15, 0.2) is 34.7 Å². The minimum Gasteiger partial charge on any atom is -0.451 e. The van der Waals surface area contributed by atoms with E-state index in [4.69, 9.17) is 9.15 Å². The number of carbonyl (C=O) groups is 1. The van der Waals surface area contributed by atoms with Crippen molar-refractivity contribution in [1.82, 2.24) is 9.80 Å². The molecule has 22 heavy (non-hydrogen) atoms. The minimum absolute atomic E-state index is 0.0352. The van der Waals surface area contributed by atoms with Gasteiger partial charge in [0, 0.05) is 38.1 Å². The zero-order valence-corrected chi connectivity index (χ0v) is 13.0. The number of benzene rings is 1. The Morgan fingerprint density at radius 2 is 2.05 bits per heavy atom. The topological polar surface area (TPSA) is 45.9 Å². The highest BCUT2D eigenvalue weighted by molar-refractivity contribution is 5.96. The largest absolute Gasteiger partial charge is 0.451 e. The third-order valence-corrected chi connectivity index (χ3v) is 4.10. The molecule has 1 aromatic carbocycles. The summed E-state index contributed by atoms with van der Waals surface area (Å²) in [5.74, 6) is 0.386. The van der Waals surface area contributed by atoms with Gasteiger partial charge in [0.2, 0.25) is 0 Å². The highest BCUT2D eigenvalue weighted by Crippen LogP contribution is 2.20. The van der Waals surface area contributed by atoms with Crippen LogP contribution in [0.25, 0.3) is 11.0 Å². The molecule has 1 saturated heterocycles. The second kappa shape index (κ2) is 6.94. The number of nitrogens with zero attached hydrogens (tertiary/aromatic N) is 2. The molecule has 0 atom stereocenters. The summed E-state index contributed by atoms with van der Waals surface area (Å²) in [5.41, 5.74) is 0.759. The Morgan fingerprint density at radius 3 is 2.77 bits per heavy atom. The first kappa shape index (κ1) is 15.1. The van der Waals surface area contributed by atoms with Crippen LogP contribution in [0.5, 0.6) is 0 Å². The Kier molecular flexibility index (Phi) is 4.75. The number of fused-ring (bicyclic) bond motifs is 1. The van der Waals surface area contributed by atoms with Crippen molar-refractivity contribution in [3.05, 3.63) is 36.1 Å². The van der Waals surface area contributed by atoms with Crippen LogP contribution in [0.1, 0.15) is 17.5 Å². The number of rotatable bonds is 5. The third kappa shape index (κ3) is 3.31. The van der Waals surface area contributed by atoms with Crippen molar-refractivity contribution in [2.75, 3.05) is 45.9 Å². The van der Waals surface area contributed by atoms with Gasteiger partial charge in [0.15, 0.2) is 5.76 Å². The lowest BCUT2D eigenvalue weighted by molar-refractivity contribution is 0.0324. The maximum Gasteiger partial charge on any atom is 0.289 e. The number of furan rings is 1. The summed E-state index contributed by atoms with van der Waals surface area (Å²) in [4.78, 5) is 16.8. The molecule has 0 spiro atoms. The van der Waals surface area contributed by atoms with Crippen LogP contribution >= 0.6 is 0 Å². The first-order chi connectivity index (χ1) is 10.8. The fraction of sp³-hybridized carbons (Fsp3) is 0.471. The molecule has 2 aromatic rings. The molecule has 1 aromatic heterocycles. The quantitative estimate of drug-likeness (QED) is 0.849. The Balaban J connectivity index is 1.65. The van der Waals surface area contributed by atoms with Gasteiger partial charge in [-0.3, -0.25) is 9.69 Å². The Morgan fingerprint density at radius 1 is 1.27 bits per heavy atom. The van der Waals surface area contributed by atoms with Gasteiger partial charge < -0.3 is 14.1 Å². The lowest BCUT2D eigenvalue weighted by Crippen LogP contribution is -2.43. The fourth-order valence-electron chi connectivity index (χ4n) is 2.73. The van der Waals surface area contributed by atoms with Crippen molar-refractivity contribution in [2.45, 2.75) is 6.92 Å². The highest BCUT2D eigenvalue weighted by atomic mass is 16.5. The van der Waals surface area contributed by atoms with Gasteiger partial charge >= 0.3 is 0 Å². The van der Waals surface area contributed by atoms with Gasteiger partial charge in [0.1, 0.15) is 5.58 Å². The van der Waals surface area contributed by atoms with Crippen LogP contribution in [0, 0.1) is 0 Å². The van der Waals surface area contributed by atoms with Crippen molar-refractivity contribution in [3.63, 3.8) is 0 Å². The maximum absolute atomic E-state index is 12.6. The maximum atomic E-state index is 12.6. The molecule has 1 amide bonds. The molecule has 0 bridgehead atoms. The standard InChI is InChI=1S/C17H22N2O3/c1-2-19(8-7-18-9-11-21-12-10-18)17(20)16-13-14-5-3-4-6-15(14)22-16/h3-6,13H,2,7-12H2,1H3. The predicted octanol–water partition coefficient (Wildman–Crippen LogP) is 2.23. The molecule has 0 radical (unpaired) electrons. The van der Waals surface area contributed by atoms with Crippen LogP contribution in [0.4, 0.5) is 0 Å². The van der Waals surface area contributed by atoms with Gasteiger partial charge in [-0.1, -0.05) is 18.2 Å². The smallest absolute Gasteiger partial charge is 0.289 e. The first-order valence-corrected chi connectivity index (χ1v) is 7.86. The molecule has 5 nitrogen and oxygen atoms in total. The highest BCUT2D eigenvalue weighted by Gasteiger charge is 2.20. The van der Waals surface area contributed by atoms with E-state index in [1.54, 1.807) is 0 Å². The SMILES string of the molecule is CCN(CCN1CCOCC1)C(=O)c1cc2ccccc2o1. The van der Waals surface area contributed by atoms with E-state index in [0.29, 0.717) is 18.8 Å². The van der Waals surface area contributed by atoms with Crippen LogP contribution in [0.2, 0.25) is 0 Å². The van der Waals surface area contributed by atoms with Crippen molar-refractivity contribution >= 4 is 16.9 Å². The van der Waals surface area contributed by atoms with E-state index in [9.17, 15) is 4.79 Å². The number of carbonyl (C=O) groups excluding carboxylic acids is 1. The number of ether oxygens (including phenoxy) is 1. The molecule has 5 heteroatoms. The number of morpholine rings is 1. The number of amides is 1. The molecular weight excluding hydrogens is 280 g/mol. The average Bonchev–Trinajstić information content (AvgIpc) is 3.00. The van der Waals surface area contributed by atoms with Gasteiger partial charge in [0.05, 0.1) is 13.2 Å². The molecule has 0 unspecified atom stereocenters. The molecular formula is C17H22N2O3. The van der Waals surface area contributed by atoms with Crippen LogP contribution in [-0.4, -0.2) is 61.6 Å². The summed E-state index contributed by atoms with van der Waals surface area (Å²) < 4.78 is 11.0. The minimum atomic E-state index is -0.0352. The van der Waals surface area contributed by atoms with Crippen molar-refractivity contribution in [3.8, 4) is 0 Å². The van der Waals surface area contributed by atoms with Gasteiger partial charge in [-0.15, -0.1) is 0 Å². The van der Waals surface area contributed by atoms with Gasteiger partial charge in [-0.25, -0.2) is 0 Å². The summed E-state index contributed by atoms with van der Waals surface area (Å²) in [5, 5.41) is 0.968. The number of hydrogen-bond donors (Lipinski definition) is 0. The number of para-hydroxylation sites is 1. The monoisotopic (exact) mass is 302 g/mol. The first-order valence-electron chi connectivity index (χ1n) is 7.86. The van der Waals surface area contributed by atoms with E-state index in [0.717, 1.165) is 43.8 Å². The number of hydrogen-bond acceptors (Lipinski definition) is 4. The second-order valence-electron chi connectivity index (χ2n) is 5.49. The molecule has 0 saturated carbocycles. The normalized spacial score (nSPS) is 16.0. The zero-order valence-electron chi connectivity index (χ0n) is 13.0. The van der Waals surface area contributed by atoms with E-state index in [-0.39, 0.29) is 5.91 Å². The van der Waals surface area contributed by atoms with Crippen LogP contribution < -0.4 is 0 Å². The molecule has 1 fully saturated rings. The van der Waals surface area contributed by atoms with E-state index in [1.807, 2.05) is 42.2 Å². The molecule has 118 valence electrons. The molecule has 0 N–H and O–H groups in total. The molecule has 1 aliphatic rings. The Hall–Kier alpha value is -1.85. The summed E-state index contributed by atoms with van der Waals surface area (Å²) >= 11 is 0. The lowest BCUT2D eigenvalue weighted by atomic mass is 10.2. The summed E-state index contributed by atoms with van der Waals surface area (Å²) in [6, 6.07) is 9.53. The van der Waals surface area contributed by atoms with Gasteiger partial charge in [-0.2, -0.15) is 0 Å². The van der Waals surface area contributed by atoms with Gasteiger partial charge in [-0.05, 0) is 19.1 Å². The van der Waals surface area contributed by atoms with Crippen LogP contribution in [0.3, 0.4) is 0 Å². The Labute approximate surface area is 130 Å². The van der Waals surface area contributed by atoms with E-state index in [1.165, 1.54) is 0 Å². The van der Waals surface area contributed by atoms with Gasteiger partial charge in [0.25, 0.3) is 5.91 Å².